The first-order chi connectivity index (χ1) is 13.5. The first-order valence-electron chi connectivity index (χ1n) is 7.79. The van der Waals surface area contributed by atoms with Crippen LogP contribution in [0.15, 0.2) is 40.8 Å². The van der Waals surface area contributed by atoms with E-state index in [9.17, 15) is 30.7 Å². The Balaban J connectivity index is 1.86. The molecule has 0 aliphatic rings. The van der Waals surface area contributed by atoms with Gasteiger partial charge in [-0.1, -0.05) is 0 Å². The summed E-state index contributed by atoms with van der Waals surface area (Å²) in [6.07, 6.45) is -10.4. The molecule has 0 unspecified atom stereocenters. The van der Waals surface area contributed by atoms with Crippen LogP contribution in [0.5, 0.6) is 5.75 Å². The van der Waals surface area contributed by atoms with Gasteiger partial charge < -0.3 is 14.5 Å². The van der Waals surface area contributed by atoms with E-state index in [0.29, 0.717) is 17.5 Å². The molecule has 4 nitrogen and oxygen atoms in total. The van der Waals surface area contributed by atoms with Gasteiger partial charge in [0.05, 0.1) is 5.56 Å². The highest BCUT2D eigenvalue weighted by Gasteiger charge is 2.39. The first-order valence-corrected chi connectivity index (χ1v) is 7.79. The van der Waals surface area contributed by atoms with E-state index in [-0.39, 0.29) is 29.1 Å². The molecule has 3 rings (SSSR count). The van der Waals surface area contributed by atoms with Crippen LogP contribution in [0.3, 0.4) is 0 Å². The lowest BCUT2D eigenvalue weighted by Gasteiger charge is -2.17. The predicted octanol–water partition coefficient (Wildman–Crippen LogP) is 5.97. The fourth-order valence-electron chi connectivity index (χ4n) is 2.56. The summed E-state index contributed by atoms with van der Waals surface area (Å²) in [6.45, 7) is -0.291. The fraction of sp³-hybridized carbons (Fsp3) is 0.167. The molecule has 0 amide bonds. The van der Waals surface area contributed by atoms with Crippen molar-refractivity contribution in [2.45, 2.75) is 19.1 Å². The second kappa shape index (κ2) is 7.20. The molecule has 0 fully saturated rings. The summed E-state index contributed by atoms with van der Waals surface area (Å²) < 4.78 is 98.9. The topological polar surface area (TPSA) is 58.2 Å². The summed E-state index contributed by atoms with van der Waals surface area (Å²) in [5.74, 6) is -2.15. The molecule has 1 heterocycles. The zero-order chi connectivity index (χ0) is 21.4. The number of hydrogen-bond acceptors (Lipinski definition) is 4. The molecule has 0 bridgehead atoms. The quantitative estimate of drug-likeness (QED) is 0.530. The minimum atomic E-state index is -5.29. The van der Waals surface area contributed by atoms with Crippen LogP contribution in [0.2, 0.25) is 0 Å². The van der Waals surface area contributed by atoms with E-state index in [1.54, 1.807) is 6.07 Å². The number of hydrogen-bond donors (Lipinski definition) is 1. The van der Waals surface area contributed by atoms with Crippen LogP contribution < -0.4 is 10.1 Å². The number of nitriles is 1. The van der Waals surface area contributed by atoms with Gasteiger partial charge in [0.15, 0.2) is 0 Å². The fourth-order valence-corrected chi connectivity index (χ4v) is 2.56. The highest BCUT2D eigenvalue weighted by molar-refractivity contribution is 5.79. The van der Waals surface area contributed by atoms with Crippen LogP contribution in [0, 0.1) is 17.1 Å². The van der Waals surface area contributed by atoms with Crippen molar-refractivity contribution < 1.29 is 39.9 Å². The molecule has 1 N–H and O–H groups in total. The number of furan rings is 1. The molecule has 2 aromatic carbocycles. The molecule has 0 spiro atoms. The SMILES string of the molecule is N#Cc1cc2cc(F)c(CNc3ccc(OC(F)(F)F)c(C(F)(F)F)c3)cc2o1. The minimum absolute atomic E-state index is 0.0144. The summed E-state index contributed by atoms with van der Waals surface area (Å²) in [6, 6.07) is 7.32. The van der Waals surface area contributed by atoms with Crippen LogP contribution in [0.1, 0.15) is 16.9 Å². The monoisotopic (exact) mass is 418 g/mol. The molecule has 0 aliphatic heterocycles. The third-order valence-electron chi connectivity index (χ3n) is 3.79. The van der Waals surface area contributed by atoms with Crippen molar-refractivity contribution in [3.63, 3.8) is 0 Å². The molecule has 1 aromatic heterocycles. The highest BCUT2D eigenvalue weighted by atomic mass is 19.4. The van der Waals surface area contributed by atoms with Gasteiger partial charge in [-0.2, -0.15) is 18.4 Å². The van der Waals surface area contributed by atoms with Crippen molar-refractivity contribution >= 4 is 16.7 Å². The van der Waals surface area contributed by atoms with Crippen molar-refractivity contribution in [2.24, 2.45) is 0 Å². The molecule has 0 aliphatic carbocycles. The largest absolute Gasteiger partial charge is 0.573 e. The Hall–Kier alpha value is -3.42. The maximum Gasteiger partial charge on any atom is 0.573 e. The number of nitrogens with zero attached hydrogens (tertiary/aromatic N) is 1. The molecular formula is C18H9F7N2O2. The normalized spacial score (nSPS) is 12.1. The Morgan fingerprint density at radius 3 is 2.38 bits per heavy atom. The van der Waals surface area contributed by atoms with Gasteiger partial charge in [-0.3, -0.25) is 0 Å². The number of ether oxygens (including phenoxy) is 1. The molecule has 29 heavy (non-hydrogen) atoms. The molecule has 11 heteroatoms. The van der Waals surface area contributed by atoms with E-state index >= 15 is 0 Å². The number of alkyl halides is 6. The van der Waals surface area contributed by atoms with Gasteiger partial charge in [0.25, 0.3) is 0 Å². The lowest BCUT2D eigenvalue weighted by Crippen LogP contribution is -2.20. The zero-order valence-electron chi connectivity index (χ0n) is 14.1. The van der Waals surface area contributed by atoms with Gasteiger partial charge in [0.1, 0.15) is 23.2 Å². The summed E-state index contributed by atoms with van der Waals surface area (Å²) in [5.41, 5.74) is -1.63. The van der Waals surface area contributed by atoms with Gasteiger partial charge in [-0.15, -0.1) is 13.2 Å². The smallest absolute Gasteiger partial charge is 0.446 e. The Kier molecular flexibility index (Phi) is 5.04. The summed E-state index contributed by atoms with van der Waals surface area (Å²) >= 11 is 0. The van der Waals surface area contributed by atoms with Gasteiger partial charge in [0, 0.05) is 29.2 Å². The van der Waals surface area contributed by atoms with Gasteiger partial charge >= 0.3 is 12.5 Å². The Morgan fingerprint density at radius 1 is 1.03 bits per heavy atom. The van der Waals surface area contributed by atoms with E-state index in [2.05, 4.69) is 10.1 Å². The molecule has 152 valence electrons. The van der Waals surface area contributed by atoms with Gasteiger partial charge in [-0.25, -0.2) is 4.39 Å². The van der Waals surface area contributed by atoms with Crippen molar-refractivity contribution in [3.8, 4) is 11.8 Å². The number of rotatable bonds is 4. The van der Waals surface area contributed by atoms with Crippen LogP contribution in [-0.4, -0.2) is 6.36 Å². The highest BCUT2D eigenvalue weighted by Crippen LogP contribution is 2.40. The van der Waals surface area contributed by atoms with E-state index in [4.69, 9.17) is 9.68 Å². The third kappa shape index (κ3) is 4.71. The molecule has 0 saturated carbocycles. The number of nitrogens with one attached hydrogen (secondary N) is 1. The van der Waals surface area contributed by atoms with Crippen LogP contribution >= 0.6 is 0 Å². The number of fused-ring (bicyclic) bond motifs is 1. The number of benzene rings is 2. The van der Waals surface area contributed by atoms with Crippen molar-refractivity contribution in [3.05, 3.63) is 59.1 Å². The number of halogens is 7. The average Bonchev–Trinajstić information content (AvgIpc) is 3.00. The van der Waals surface area contributed by atoms with Crippen molar-refractivity contribution in [2.75, 3.05) is 5.32 Å². The second-order valence-corrected chi connectivity index (χ2v) is 5.81. The third-order valence-corrected chi connectivity index (χ3v) is 3.79. The van der Waals surface area contributed by atoms with Gasteiger partial charge in [0.2, 0.25) is 5.76 Å². The lowest BCUT2D eigenvalue weighted by molar-refractivity contribution is -0.276. The second-order valence-electron chi connectivity index (χ2n) is 5.81. The zero-order valence-corrected chi connectivity index (χ0v) is 14.1. The lowest BCUT2D eigenvalue weighted by atomic mass is 10.1. The first kappa shape index (κ1) is 20.3. The molecule has 0 saturated heterocycles. The van der Waals surface area contributed by atoms with Crippen LogP contribution in [0.25, 0.3) is 11.0 Å². The van der Waals surface area contributed by atoms with E-state index in [1.807, 2.05) is 0 Å². The van der Waals surface area contributed by atoms with Crippen LogP contribution in [0.4, 0.5) is 36.4 Å². The maximum atomic E-state index is 14.2. The Morgan fingerprint density at radius 2 is 1.76 bits per heavy atom. The van der Waals surface area contributed by atoms with E-state index in [1.165, 1.54) is 12.1 Å². The van der Waals surface area contributed by atoms with Crippen molar-refractivity contribution in [1.82, 2.24) is 0 Å². The molecular weight excluding hydrogens is 409 g/mol. The summed E-state index contributed by atoms with van der Waals surface area (Å²) in [7, 11) is 0. The summed E-state index contributed by atoms with van der Waals surface area (Å²) in [5, 5.41) is 11.6. The molecule has 3 aromatic rings. The van der Waals surface area contributed by atoms with Crippen LogP contribution in [-0.2, 0) is 12.7 Å². The Labute approximate surface area is 158 Å². The summed E-state index contributed by atoms with van der Waals surface area (Å²) in [4.78, 5) is 0. The molecule has 0 radical (unpaired) electrons. The van der Waals surface area contributed by atoms with E-state index < -0.39 is 29.7 Å². The predicted molar refractivity (Wildman–Crippen MR) is 86.3 cm³/mol. The standard InChI is InChI=1S/C18H9F7N2O2/c19-14-4-9-3-12(7-26)28-16(9)5-10(14)8-27-11-1-2-15(29-18(23,24)25)13(6-11)17(20,21)22/h1-6,27H,8H2. The minimum Gasteiger partial charge on any atom is -0.446 e. The molecule has 0 atom stereocenters. The number of anilines is 1. The van der Waals surface area contributed by atoms with Crippen molar-refractivity contribution in [1.29, 1.82) is 5.26 Å². The van der Waals surface area contributed by atoms with E-state index in [0.717, 1.165) is 12.1 Å². The Bertz CT molecular complexity index is 1090. The van der Waals surface area contributed by atoms with Gasteiger partial charge in [-0.05, 0) is 30.3 Å². The maximum absolute atomic E-state index is 14.2. The average molecular weight is 418 g/mol.